The van der Waals surface area contributed by atoms with Gasteiger partial charge < -0.3 is 5.73 Å². The minimum atomic E-state index is -0.670. The molecule has 0 aliphatic rings. The summed E-state index contributed by atoms with van der Waals surface area (Å²) in [5.41, 5.74) is 5.75. The first-order valence-corrected chi connectivity index (χ1v) is 6.71. The highest BCUT2D eigenvalue weighted by Gasteiger charge is 2.17. The minimum Gasteiger partial charge on any atom is -0.322 e. The zero-order chi connectivity index (χ0) is 15.9. The molecule has 4 nitrogen and oxygen atoms in total. The Bertz CT molecular complexity index is 919. The number of benzene rings is 2. The van der Waals surface area contributed by atoms with Crippen molar-refractivity contribution in [2.24, 2.45) is 5.73 Å². The van der Waals surface area contributed by atoms with Gasteiger partial charge in [0.1, 0.15) is 22.8 Å². The van der Waals surface area contributed by atoms with Crippen molar-refractivity contribution in [3.05, 3.63) is 70.3 Å². The average Bonchev–Trinajstić information content (AvgIpc) is 2.46. The summed E-state index contributed by atoms with van der Waals surface area (Å²) >= 11 is 0. The summed E-state index contributed by atoms with van der Waals surface area (Å²) in [6.07, 6.45) is 0. The molecule has 6 heteroatoms. The van der Waals surface area contributed by atoms with Gasteiger partial charge in [0.05, 0.1) is 17.2 Å². The number of nitrogens with zero attached hydrogens (tertiary/aromatic N) is 2. The van der Waals surface area contributed by atoms with E-state index >= 15 is 0 Å². The van der Waals surface area contributed by atoms with Crippen molar-refractivity contribution >= 4 is 10.9 Å². The maximum atomic E-state index is 14.0. The number of aromatic nitrogens is 2. The van der Waals surface area contributed by atoms with Gasteiger partial charge in [-0.1, -0.05) is 12.1 Å². The van der Waals surface area contributed by atoms with Crippen molar-refractivity contribution in [1.82, 2.24) is 9.55 Å². The average molecular weight is 301 g/mol. The highest BCUT2D eigenvalue weighted by atomic mass is 19.1. The first-order chi connectivity index (χ1) is 10.5. The Hall–Kier alpha value is -2.60. The quantitative estimate of drug-likeness (QED) is 0.791. The SMILES string of the molecule is CC(N)c1nc2cccc(F)c2c(=O)n1-c1cccc(F)c1. The van der Waals surface area contributed by atoms with Crippen LogP contribution in [0.25, 0.3) is 16.6 Å². The molecule has 112 valence electrons. The molecule has 0 radical (unpaired) electrons. The van der Waals surface area contributed by atoms with Crippen molar-refractivity contribution in [1.29, 1.82) is 0 Å². The van der Waals surface area contributed by atoms with Crippen LogP contribution in [0.5, 0.6) is 0 Å². The van der Waals surface area contributed by atoms with Crippen LogP contribution in [0, 0.1) is 11.6 Å². The predicted molar refractivity (Wildman–Crippen MR) is 79.9 cm³/mol. The molecule has 3 aromatic rings. The highest BCUT2D eigenvalue weighted by molar-refractivity contribution is 5.78. The molecular formula is C16H13F2N3O. The van der Waals surface area contributed by atoms with E-state index in [0.717, 1.165) is 4.57 Å². The van der Waals surface area contributed by atoms with Crippen LogP contribution in [-0.2, 0) is 0 Å². The van der Waals surface area contributed by atoms with Gasteiger partial charge in [0, 0.05) is 0 Å². The molecule has 0 aliphatic carbocycles. The number of rotatable bonds is 2. The van der Waals surface area contributed by atoms with Crippen molar-refractivity contribution in [3.63, 3.8) is 0 Å². The summed E-state index contributed by atoms with van der Waals surface area (Å²) < 4.78 is 28.6. The molecule has 0 spiro atoms. The fourth-order valence-corrected chi connectivity index (χ4v) is 2.38. The van der Waals surface area contributed by atoms with E-state index in [0.29, 0.717) is 0 Å². The molecule has 1 heterocycles. The normalized spacial score (nSPS) is 12.5. The van der Waals surface area contributed by atoms with Crippen molar-refractivity contribution in [2.45, 2.75) is 13.0 Å². The third kappa shape index (κ3) is 2.27. The van der Waals surface area contributed by atoms with E-state index in [1.165, 1.54) is 30.3 Å². The minimum absolute atomic E-state index is 0.142. The second kappa shape index (κ2) is 5.31. The van der Waals surface area contributed by atoms with Crippen LogP contribution in [0.3, 0.4) is 0 Å². The zero-order valence-corrected chi connectivity index (χ0v) is 11.8. The molecule has 22 heavy (non-hydrogen) atoms. The summed E-state index contributed by atoms with van der Waals surface area (Å²) in [6, 6.07) is 9.08. The summed E-state index contributed by atoms with van der Waals surface area (Å²) in [7, 11) is 0. The maximum Gasteiger partial charge on any atom is 0.269 e. The van der Waals surface area contributed by atoms with E-state index in [2.05, 4.69) is 4.98 Å². The fourth-order valence-electron chi connectivity index (χ4n) is 2.38. The van der Waals surface area contributed by atoms with E-state index < -0.39 is 23.2 Å². The predicted octanol–water partition coefficient (Wildman–Crippen LogP) is 2.68. The second-order valence-corrected chi connectivity index (χ2v) is 5.01. The Balaban J connectivity index is 2.46. The Kier molecular flexibility index (Phi) is 3.46. The van der Waals surface area contributed by atoms with Gasteiger partial charge in [-0.3, -0.25) is 9.36 Å². The molecule has 2 N–H and O–H groups in total. The molecule has 0 fully saturated rings. The Morgan fingerprint density at radius 1 is 1.18 bits per heavy atom. The van der Waals surface area contributed by atoms with E-state index in [9.17, 15) is 13.6 Å². The first kappa shape index (κ1) is 14.3. The van der Waals surface area contributed by atoms with Gasteiger partial charge in [-0.15, -0.1) is 0 Å². The Morgan fingerprint density at radius 2 is 1.91 bits per heavy atom. The fraction of sp³-hybridized carbons (Fsp3) is 0.125. The van der Waals surface area contributed by atoms with E-state index in [-0.39, 0.29) is 22.4 Å². The molecule has 0 saturated heterocycles. The third-order valence-corrected chi connectivity index (χ3v) is 3.35. The number of hydrogen-bond acceptors (Lipinski definition) is 3. The van der Waals surface area contributed by atoms with Crippen LogP contribution in [-0.4, -0.2) is 9.55 Å². The maximum absolute atomic E-state index is 14.0. The first-order valence-electron chi connectivity index (χ1n) is 6.71. The van der Waals surface area contributed by atoms with Crippen molar-refractivity contribution in [2.75, 3.05) is 0 Å². The number of fused-ring (bicyclic) bond motifs is 1. The summed E-state index contributed by atoms with van der Waals surface area (Å²) in [5.74, 6) is -0.932. The lowest BCUT2D eigenvalue weighted by atomic mass is 10.2. The van der Waals surface area contributed by atoms with E-state index in [1.54, 1.807) is 19.1 Å². The lowest BCUT2D eigenvalue weighted by molar-refractivity contribution is 0.622. The standard InChI is InChI=1S/C16H13F2N3O/c1-9(19)15-20-13-7-3-6-12(18)14(13)16(22)21(15)11-5-2-4-10(17)8-11/h2-9H,19H2,1H3. The van der Waals surface area contributed by atoms with Crippen LogP contribution >= 0.6 is 0 Å². The highest BCUT2D eigenvalue weighted by Crippen LogP contribution is 2.18. The summed E-state index contributed by atoms with van der Waals surface area (Å²) in [4.78, 5) is 17.0. The molecule has 0 amide bonds. The van der Waals surface area contributed by atoms with Crippen LogP contribution in [0.4, 0.5) is 8.78 Å². The molecule has 3 rings (SSSR count). The smallest absolute Gasteiger partial charge is 0.269 e. The van der Waals surface area contributed by atoms with E-state index in [1.807, 2.05) is 0 Å². The molecule has 2 aromatic carbocycles. The lowest BCUT2D eigenvalue weighted by Crippen LogP contribution is -2.28. The topological polar surface area (TPSA) is 60.9 Å². The van der Waals surface area contributed by atoms with Gasteiger partial charge in [0.15, 0.2) is 0 Å². The Morgan fingerprint density at radius 3 is 2.59 bits per heavy atom. The number of hydrogen-bond donors (Lipinski definition) is 1. The van der Waals surface area contributed by atoms with Crippen molar-refractivity contribution in [3.8, 4) is 5.69 Å². The van der Waals surface area contributed by atoms with Crippen LogP contribution < -0.4 is 11.3 Å². The van der Waals surface area contributed by atoms with Gasteiger partial charge in [0.2, 0.25) is 0 Å². The van der Waals surface area contributed by atoms with Crippen molar-refractivity contribution < 1.29 is 8.78 Å². The zero-order valence-electron chi connectivity index (χ0n) is 11.8. The van der Waals surface area contributed by atoms with Gasteiger partial charge in [-0.2, -0.15) is 0 Å². The molecule has 0 bridgehead atoms. The third-order valence-electron chi connectivity index (χ3n) is 3.35. The van der Waals surface area contributed by atoms with Crippen LogP contribution in [0.1, 0.15) is 18.8 Å². The molecular weight excluding hydrogens is 288 g/mol. The van der Waals surface area contributed by atoms with Gasteiger partial charge in [0.25, 0.3) is 5.56 Å². The number of halogens is 2. The molecule has 0 saturated carbocycles. The van der Waals surface area contributed by atoms with Gasteiger partial charge in [-0.25, -0.2) is 13.8 Å². The molecule has 0 aliphatic heterocycles. The molecule has 1 unspecified atom stereocenters. The monoisotopic (exact) mass is 301 g/mol. The lowest BCUT2D eigenvalue weighted by Gasteiger charge is -2.16. The molecule has 1 atom stereocenters. The summed E-state index contributed by atoms with van der Waals surface area (Å²) in [5, 5.41) is -0.142. The van der Waals surface area contributed by atoms with E-state index in [4.69, 9.17) is 5.73 Å². The largest absolute Gasteiger partial charge is 0.322 e. The number of nitrogens with two attached hydrogens (primary N) is 1. The second-order valence-electron chi connectivity index (χ2n) is 5.01. The van der Waals surface area contributed by atoms with Gasteiger partial charge >= 0.3 is 0 Å². The summed E-state index contributed by atoms with van der Waals surface area (Å²) in [6.45, 7) is 1.66. The van der Waals surface area contributed by atoms with Crippen LogP contribution in [0.15, 0.2) is 47.3 Å². The van der Waals surface area contributed by atoms with Gasteiger partial charge in [-0.05, 0) is 37.3 Å². The van der Waals surface area contributed by atoms with Crippen LogP contribution in [0.2, 0.25) is 0 Å². The molecule has 1 aromatic heterocycles. The Labute approximate surface area is 124 Å².